The maximum Gasteiger partial charge on any atom is 0.315 e. The Bertz CT molecular complexity index is 1420. The van der Waals surface area contributed by atoms with Crippen molar-refractivity contribution in [1.29, 1.82) is 0 Å². The smallest absolute Gasteiger partial charge is 0.315 e. The summed E-state index contributed by atoms with van der Waals surface area (Å²) in [7, 11) is 0. The van der Waals surface area contributed by atoms with Crippen LogP contribution in [0.1, 0.15) is 30.9 Å². The molecule has 4 N–H and O–H groups in total. The van der Waals surface area contributed by atoms with Crippen LogP contribution >= 0.6 is 15.9 Å². The third kappa shape index (κ3) is 4.92. The average molecular weight is 518 g/mol. The Morgan fingerprint density at radius 1 is 1.00 bits per heavy atom. The van der Waals surface area contributed by atoms with E-state index in [-0.39, 0.29) is 5.82 Å². The number of carbonyl (C=O) groups excluding carboxylic acids is 2. The van der Waals surface area contributed by atoms with Crippen LogP contribution < -0.4 is 16.4 Å². The summed E-state index contributed by atoms with van der Waals surface area (Å²) in [5, 5.41) is 6.73. The number of anilines is 3. The summed E-state index contributed by atoms with van der Waals surface area (Å²) in [4.78, 5) is 33.5. The van der Waals surface area contributed by atoms with E-state index in [0.717, 1.165) is 33.0 Å². The van der Waals surface area contributed by atoms with Crippen LogP contribution in [0.3, 0.4) is 0 Å². The van der Waals surface area contributed by atoms with Gasteiger partial charge < -0.3 is 16.4 Å². The molecule has 0 aliphatic rings. The van der Waals surface area contributed by atoms with Gasteiger partial charge in [0.15, 0.2) is 0 Å². The molecule has 8 heteroatoms. The molecule has 34 heavy (non-hydrogen) atoms. The lowest BCUT2D eigenvalue weighted by Gasteiger charge is -2.12. The molecule has 0 bridgehead atoms. The Kier molecular flexibility index (Phi) is 6.61. The Balaban J connectivity index is 1.55. The molecule has 4 rings (SSSR count). The first-order chi connectivity index (χ1) is 16.2. The van der Waals surface area contributed by atoms with Crippen molar-refractivity contribution in [2.24, 2.45) is 0 Å². The number of aromatic nitrogens is 2. The van der Waals surface area contributed by atoms with E-state index >= 15 is 0 Å². The fourth-order valence-electron chi connectivity index (χ4n) is 3.62. The highest BCUT2D eigenvalue weighted by molar-refractivity contribution is 9.10. The minimum absolute atomic E-state index is 0.251. The Morgan fingerprint density at radius 2 is 1.76 bits per heavy atom. The van der Waals surface area contributed by atoms with Crippen LogP contribution in [0.15, 0.2) is 65.5 Å². The summed E-state index contributed by atoms with van der Waals surface area (Å²) >= 11 is 3.45. The number of amides is 2. The zero-order valence-electron chi connectivity index (χ0n) is 19.0. The summed E-state index contributed by atoms with van der Waals surface area (Å²) in [5.74, 6) is -1.01. The zero-order chi connectivity index (χ0) is 24.4. The molecule has 2 aromatic carbocycles. The molecule has 2 amide bonds. The van der Waals surface area contributed by atoms with Crippen LogP contribution in [-0.4, -0.2) is 21.8 Å². The second kappa shape index (κ2) is 9.61. The van der Waals surface area contributed by atoms with Crippen LogP contribution in [0.2, 0.25) is 0 Å². The summed E-state index contributed by atoms with van der Waals surface area (Å²) in [5.41, 5.74) is 11.4. The van der Waals surface area contributed by atoms with Crippen LogP contribution in [0, 0.1) is 6.92 Å². The quantitative estimate of drug-likeness (QED) is 0.239. The number of nitrogen functional groups attached to an aromatic ring is 1. The number of nitrogens with zero attached hydrogens (tertiary/aromatic N) is 2. The minimum atomic E-state index is -0.820. The summed E-state index contributed by atoms with van der Waals surface area (Å²) < 4.78 is 0.706. The number of hydrogen-bond acceptors (Lipinski definition) is 5. The first-order valence-corrected chi connectivity index (χ1v) is 11.5. The van der Waals surface area contributed by atoms with Crippen molar-refractivity contribution in [3.8, 4) is 11.1 Å². The van der Waals surface area contributed by atoms with E-state index in [1.54, 1.807) is 30.7 Å². The standard InChI is InChI=1S/C26H24BrN5O2/c1-14(2)16-4-5-23(21(27)9-16)31-25(33)26(34)32-24-11-18-8-17(10-22(28)20(18)13-30-24)19-12-29-7-6-15(19)3/h4-14H,28H2,1-3H3,(H,31,33)(H,30,32,34). The fourth-order valence-corrected chi connectivity index (χ4v) is 4.12. The van der Waals surface area contributed by atoms with Gasteiger partial charge in [-0.15, -0.1) is 0 Å². The number of nitrogens with one attached hydrogen (secondary N) is 2. The van der Waals surface area contributed by atoms with Gasteiger partial charge in [-0.25, -0.2) is 4.98 Å². The van der Waals surface area contributed by atoms with Crippen LogP contribution in [0.5, 0.6) is 0 Å². The average Bonchev–Trinajstić information content (AvgIpc) is 2.80. The molecular weight excluding hydrogens is 494 g/mol. The number of hydrogen-bond donors (Lipinski definition) is 3. The third-order valence-corrected chi connectivity index (χ3v) is 6.23. The highest BCUT2D eigenvalue weighted by Gasteiger charge is 2.17. The molecule has 0 spiro atoms. The molecule has 2 heterocycles. The molecule has 0 aliphatic carbocycles. The zero-order valence-corrected chi connectivity index (χ0v) is 20.6. The molecule has 0 radical (unpaired) electrons. The number of carbonyl (C=O) groups is 2. The lowest BCUT2D eigenvalue weighted by atomic mass is 9.99. The number of nitrogens with two attached hydrogens (primary N) is 1. The van der Waals surface area contributed by atoms with Crippen molar-refractivity contribution in [3.63, 3.8) is 0 Å². The number of aryl methyl sites for hydroxylation is 1. The van der Waals surface area contributed by atoms with Crippen LogP contribution in [0.4, 0.5) is 17.2 Å². The molecule has 4 aromatic rings. The number of pyridine rings is 2. The fraction of sp³-hybridized carbons (Fsp3) is 0.154. The van der Waals surface area contributed by atoms with Gasteiger partial charge in [-0.05, 0) is 87.2 Å². The SMILES string of the molecule is Cc1ccncc1-c1cc(N)c2cnc(NC(=O)C(=O)Nc3ccc(C(C)C)cc3Br)cc2c1. The van der Waals surface area contributed by atoms with Gasteiger partial charge in [-0.2, -0.15) is 0 Å². The normalized spacial score (nSPS) is 11.0. The highest BCUT2D eigenvalue weighted by atomic mass is 79.9. The number of benzene rings is 2. The molecule has 0 aliphatic heterocycles. The maximum absolute atomic E-state index is 12.5. The molecule has 0 fully saturated rings. The van der Waals surface area contributed by atoms with E-state index in [2.05, 4.69) is 50.4 Å². The molecular formula is C26H24BrN5O2. The second-order valence-corrected chi connectivity index (χ2v) is 9.20. The molecule has 172 valence electrons. The van der Waals surface area contributed by atoms with E-state index in [4.69, 9.17) is 5.73 Å². The topological polar surface area (TPSA) is 110 Å². The van der Waals surface area contributed by atoms with E-state index in [1.807, 2.05) is 37.3 Å². The van der Waals surface area contributed by atoms with E-state index in [1.165, 1.54) is 0 Å². The Morgan fingerprint density at radius 3 is 2.47 bits per heavy atom. The van der Waals surface area contributed by atoms with Crippen LogP contribution in [-0.2, 0) is 9.59 Å². The first kappa shape index (κ1) is 23.4. The number of rotatable bonds is 4. The van der Waals surface area contributed by atoms with Crippen molar-refractivity contribution >= 4 is 55.7 Å². The summed E-state index contributed by atoms with van der Waals surface area (Å²) in [6.07, 6.45) is 5.11. The van der Waals surface area contributed by atoms with Gasteiger partial charge in [0.2, 0.25) is 0 Å². The van der Waals surface area contributed by atoms with Gasteiger partial charge in [-0.3, -0.25) is 14.6 Å². The molecule has 0 saturated heterocycles. The van der Waals surface area contributed by atoms with Gasteiger partial charge in [0, 0.05) is 39.7 Å². The van der Waals surface area contributed by atoms with Gasteiger partial charge in [0.1, 0.15) is 5.82 Å². The van der Waals surface area contributed by atoms with Gasteiger partial charge >= 0.3 is 11.8 Å². The van der Waals surface area contributed by atoms with E-state index in [0.29, 0.717) is 21.8 Å². The lowest BCUT2D eigenvalue weighted by molar-refractivity contribution is -0.133. The lowest BCUT2D eigenvalue weighted by Crippen LogP contribution is -2.29. The summed E-state index contributed by atoms with van der Waals surface area (Å²) in [6, 6.07) is 13.1. The predicted molar refractivity (Wildman–Crippen MR) is 140 cm³/mol. The van der Waals surface area contributed by atoms with E-state index in [9.17, 15) is 9.59 Å². The van der Waals surface area contributed by atoms with Crippen LogP contribution in [0.25, 0.3) is 21.9 Å². The Labute approximate surface area is 205 Å². The number of halogens is 1. The van der Waals surface area contributed by atoms with Crippen molar-refractivity contribution in [3.05, 3.63) is 76.7 Å². The van der Waals surface area contributed by atoms with Gasteiger partial charge in [0.05, 0.1) is 5.69 Å². The van der Waals surface area contributed by atoms with Gasteiger partial charge in [0.25, 0.3) is 0 Å². The van der Waals surface area contributed by atoms with Gasteiger partial charge in [-0.1, -0.05) is 19.9 Å². The van der Waals surface area contributed by atoms with Crippen molar-refractivity contribution in [2.75, 3.05) is 16.4 Å². The largest absolute Gasteiger partial charge is 0.398 e. The minimum Gasteiger partial charge on any atom is -0.398 e. The molecule has 0 unspecified atom stereocenters. The van der Waals surface area contributed by atoms with Crippen molar-refractivity contribution < 1.29 is 9.59 Å². The second-order valence-electron chi connectivity index (χ2n) is 8.35. The molecule has 2 aromatic heterocycles. The maximum atomic E-state index is 12.5. The summed E-state index contributed by atoms with van der Waals surface area (Å²) in [6.45, 7) is 6.17. The highest BCUT2D eigenvalue weighted by Crippen LogP contribution is 2.31. The Hall–Kier alpha value is -3.78. The number of fused-ring (bicyclic) bond motifs is 1. The third-order valence-electron chi connectivity index (χ3n) is 5.57. The van der Waals surface area contributed by atoms with Crippen molar-refractivity contribution in [1.82, 2.24) is 9.97 Å². The van der Waals surface area contributed by atoms with E-state index < -0.39 is 11.8 Å². The first-order valence-electron chi connectivity index (χ1n) is 10.7. The van der Waals surface area contributed by atoms with Crippen molar-refractivity contribution in [2.45, 2.75) is 26.7 Å². The monoisotopic (exact) mass is 517 g/mol. The predicted octanol–water partition coefficient (Wildman–Crippen LogP) is 5.65. The molecule has 7 nitrogen and oxygen atoms in total. The molecule has 0 atom stereocenters. The molecule has 0 saturated carbocycles.